The van der Waals surface area contributed by atoms with Gasteiger partial charge in [-0.1, -0.05) is 0 Å². The van der Waals surface area contributed by atoms with Crippen LogP contribution in [0.15, 0.2) is 36.4 Å². The highest BCUT2D eigenvalue weighted by Crippen LogP contribution is 2.39. The molecule has 0 atom stereocenters. The van der Waals surface area contributed by atoms with Crippen molar-refractivity contribution in [2.45, 2.75) is 0 Å². The predicted octanol–water partition coefficient (Wildman–Crippen LogP) is 2.99. The van der Waals surface area contributed by atoms with Crippen molar-refractivity contribution in [3.8, 4) is 11.1 Å². The van der Waals surface area contributed by atoms with Crippen LogP contribution in [0, 0.1) is 40.5 Å². The largest absolute Gasteiger partial charge is 0.284 e. The van der Waals surface area contributed by atoms with Gasteiger partial charge in [-0.05, 0) is 12.1 Å². The van der Waals surface area contributed by atoms with Gasteiger partial charge in [-0.3, -0.25) is 40.5 Å². The fourth-order valence-corrected chi connectivity index (χ4v) is 2.02. The van der Waals surface area contributed by atoms with E-state index in [4.69, 9.17) is 0 Å². The molecule has 0 aliphatic carbocycles. The Hall–Kier alpha value is -3.96. The molecule has 2 aromatic carbocycles. The van der Waals surface area contributed by atoms with Crippen LogP contribution in [0.3, 0.4) is 0 Å². The molecule has 0 N–H and O–H groups in total. The number of non-ortho nitro benzene ring substituents is 2. The van der Waals surface area contributed by atoms with Crippen LogP contribution in [0.4, 0.5) is 22.7 Å². The minimum Gasteiger partial charge on any atom is -0.258 e. The number of hydrogen-bond acceptors (Lipinski definition) is 8. The Morgan fingerprint density at radius 2 is 0.875 bits per heavy atom. The molecule has 12 heteroatoms. The van der Waals surface area contributed by atoms with Gasteiger partial charge in [-0.25, -0.2) is 0 Å². The van der Waals surface area contributed by atoms with Crippen molar-refractivity contribution >= 4 is 22.7 Å². The molecule has 0 fully saturated rings. The zero-order chi connectivity index (χ0) is 18.0. The van der Waals surface area contributed by atoms with Crippen LogP contribution in [0.25, 0.3) is 11.1 Å². The molecule has 0 heterocycles. The fourth-order valence-electron chi connectivity index (χ4n) is 2.02. The molecular weight excluding hydrogens is 328 g/mol. The quantitative estimate of drug-likeness (QED) is 0.592. The van der Waals surface area contributed by atoms with Gasteiger partial charge in [0.2, 0.25) is 0 Å². The first-order valence-electron chi connectivity index (χ1n) is 6.08. The van der Waals surface area contributed by atoms with Crippen LogP contribution < -0.4 is 0 Å². The molecule has 24 heavy (non-hydrogen) atoms. The lowest BCUT2D eigenvalue weighted by molar-refractivity contribution is -0.395. The molecule has 0 aliphatic heterocycles. The zero-order valence-electron chi connectivity index (χ0n) is 11.5. The van der Waals surface area contributed by atoms with Crippen LogP contribution >= 0.6 is 0 Å². The third-order valence-electron chi connectivity index (χ3n) is 3.07. The average Bonchev–Trinajstić information content (AvgIpc) is 2.53. The summed E-state index contributed by atoms with van der Waals surface area (Å²) in [7, 11) is 0. The van der Waals surface area contributed by atoms with Gasteiger partial charge in [-0.15, -0.1) is 0 Å². The minimum atomic E-state index is -0.923. The lowest BCUT2D eigenvalue weighted by atomic mass is 10.0. The summed E-state index contributed by atoms with van der Waals surface area (Å²) < 4.78 is 0. The maximum absolute atomic E-state index is 11.1. The van der Waals surface area contributed by atoms with Crippen molar-refractivity contribution in [2.24, 2.45) is 0 Å². The van der Waals surface area contributed by atoms with Gasteiger partial charge < -0.3 is 0 Å². The van der Waals surface area contributed by atoms with Crippen molar-refractivity contribution in [3.63, 3.8) is 0 Å². The summed E-state index contributed by atoms with van der Waals surface area (Å²) in [6.45, 7) is 0. The van der Waals surface area contributed by atoms with Crippen molar-refractivity contribution < 1.29 is 19.7 Å². The summed E-state index contributed by atoms with van der Waals surface area (Å²) in [5, 5.41) is 43.7. The maximum Gasteiger partial charge on any atom is 0.284 e. The summed E-state index contributed by atoms with van der Waals surface area (Å²) in [6.07, 6.45) is 0. The fraction of sp³-hybridized carbons (Fsp3) is 0. The summed E-state index contributed by atoms with van der Waals surface area (Å²) >= 11 is 0. The maximum atomic E-state index is 11.1. The van der Waals surface area contributed by atoms with E-state index in [-0.39, 0.29) is 11.1 Å². The second-order valence-electron chi connectivity index (χ2n) is 4.43. The molecule has 0 aromatic heterocycles. The van der Waals surface area contributed by atoms with Crippen molar-refractivity contribution in [2.75, 3.05) is 0 Å². The highest BCUT2D eigenvalue weighted by Gasteiger charge is 2.27. The molecule has 0 aliphatic rings. The monoisotopic (exact) mass is 334 g/mol. The van der Waals surface area contributed by atoms with Gasteiger partial charge in [-0.2, -0.15) is 0 Å². The Bertz CT molecular complexity index is 821. The smallest absolute Gasteiger partial charge is 0.258 e. The Labute approximate surface area is 131 Å². The van der Waals surface area contributed by atoms with Crippen molar-refractivity contribution in [1.82, 2.24) is 0 Å². The Morgan fingerprint density at radius 3 is 1.12 bits per heavy atom. The Morgan fingerprint density at radius 1 is 0.542 bits per heavy atom. The van der Waals surface area contributed by atoms with E-state index >= 15 is 0 Å². The summed E-state index contributed by atoms with van der Waals surface area (Å²) in [5.41, 5.74) is -3.08. The minimum absolute atomic E-state index is 0.257. The van der Waals surface area contributed by atoms with Gasteiger partial charge in [0.15, 0.2) is 0 Å². The lowest BCUT2D eigenvalue weighted by Crippen LogP contribution is -1.99. The third-order valence-corrected chi connectivity index (χ3v) is 3.07. The molecule has 0 saturated carbocycles. The molecule has 12 nitrogen and oxygen atoms in total. The van der Waals surface area contributed by atoms with Crippen LogP contribution in [0.5, 0.6) is 0 Å². The average molecular weight is 334 g/mol. The third kappa shape index (κ3) is 2.96. The molecule has 0 spiro atoms. The Balaban J connectivity index is 2.76. The highest BCUT2D eigenvalue weighted by atomic mass is 16.6. The lowest BCUT2D eigenvalue weighted by Gasteiger charge is -2.04. The molecule has 2 aromatic rings. The first-order valence-corrected chi connectivity index (χ1v) is 6.08. The molecule has 122 valence electrons. The molecule has 0 radical (unpaired) electrons. The van der Waals surface area contributed by atoms with E-state index < -0.39 is 42.4 Å². The van der Waals surface area contributed by atoms with Gasteiger partial charge in [0.05, 0.1) is 43.0 Å². The molecule has 0 unspecified atom stereocenters. The first-order chi connectivity index (χ1) is 11.2. The van der Waals surface area contributed by atoms with Gasteiger partial charge in [0.25, 0.3) is 22.7 Å². The number of nitrogens with zero attached hydrogens (tertiary/aromatic N) is 4. The van der Waals surface area contributed by atoms with E-state index in [1.165, 1.54) is 0 Å². The summed E-state index contributed by atoms with van der Waals surface area (Å²) in [6, 6.07) is 5.22. The molecule has 0 saturated heterocycles. The second kappa shape index (κ2) is 6.04. The van der Waals surface area contributed by atoms with Crippen LogP contribution in [0.2, 0.25) is 0 Å². The molecule has 2 rings (SSSR count). The summed E-state index contributed by atoms with van der Waals surface area (Å²) in [4.78, 5) is 40.2. The Kier molecular flexibility index (Phi) is 4.13. The highest BCUT2D eigenvalue weighted by molar-refractivity contribution is 5.82. The molecule has 0 bridgehead atoms. The topological polar surface area (TPSA) is 173 Å². The first kappa shape index (κ1) is 16.4. The molecular formula is C12H6N4O8. The SMILES string of the molecule is O=[N+]([O-])c1ccc(-c2ccc([N+](=O)[O-])cc2[N+](=O)[O-])c([N+](=O)[O-])c1. The second-order valence-corrected chi connectivity index (χ2v) is 4.43. The molecule has 0 amide bonds. The van der Waals surface area contributed by atoms with Crippen LogP contribution in [0.1, 0.15) is 0 Å². The van der Waals surface area contributed by atoms with E-state index in [9.17, 15) is 40.5 Å². The van der Waals surface area contributed by atoms with E-state index in [2.05, 4.69) is 0 Å². The number of benzene rings is 2. The standard InChI is InChI=1S/C12H6N4O8/c17-13(18)7-1-3-9(11(5-7)15(21)22)10-4-2-8(14(19)20)6-12(10)16(23)24/h1-6H. The van der Waals surface area contributed by atoms with E-state index in [1.54, 1.807) is 0 Å². The number of nitro groups is 4. The zero-order valence-corrected chi connectivity index (χ0v) is 11.5. The van der Waals surface area contributed by atoms with Crippen LogP contribution in [-0.2, 0) is 0 Å². The van der Waals surface area contributed by atoms with E-state index in [0.717, 1.165) is 24.3 Å². The number of hydrogen-bond donors (Lipinski definition) is 0. The van der Waals surface area contributed by atoms with Gasteiger partial charge in [0, 0.05) is 12.1 Å². The van der Waals surface area contributed by atoms with Crippen molar-refractivity contribution in [1.29, 1.82) is 0 Å². The van der Waals surface area contributed by atoms with Gasteiger partial charge in [0.1, 0.15) is 0 Å². The van der Waals surface area contributed by atoms with E-state index in [1.807, 2.05) is 0 Å². The van der Waals surface area contributed by atoms with Crippen LogP contribution in [-0.4, -0.2) is 19.7 Å². The normalized spacial score (nSPS) is 10.2. The summed E-state index contributed by atoms with van der Waals surface area (Å²) in [5.74, 6) is 0. The van der Waals surface area contributed by atoms with Crippen molar-refractivity contribution in [3.05, 3.63) is 76.9 Å². The number of nitro benzene ring substituents is 4. The van der Waals surface area contributed by atoms with Gasteiger partial charge >= 0.3 is 0 Å². The number of rotatable bonds is 5. The van der Waals surface area contributed by atoms with E-state index in [0.29, 0.717) is 12.1 Å². The predicted molar refractivity (Wildman–Crippen MR) is 78.5 cm³/mol.